The van der Waals surface area contributed by atoms with Crippen LogP contribution in [0.2, 0.25) is 0 Å². The molecule has 216 valence electrons. The molecule has 1 saturated carbocycles. The van der Waals surface area contributed by atoms with Gasteiger partial charge < -0.3 is 25.4 Å². The summed E-state index contributed by atoms with van der Waals surface area (Å²) in [7, 11) is 1.91. The summed E-state index contributed by atoms with van der Waals surface area (Å²) in [4.78, 5) is 40.2. The Morgan fingerprint density at radius 2 is 1.85 bits per heavy atom. The summed E-state index contributed by atoms with van der Waals surface area (Å²) in [5.41, 5.74) is 1.67. The van der Waals surface area contributed by atoms with Crippen LogP contribution < -0.4 is 21.5 Å². The van der Waals surface area contributed by atoms with Crippen molar-refractivity contribution in [2.24, 2.45) is 4.99 Å². The maximum Gasteiger partial charge on any atom is 0.262 e. The number of piperazine rings is 1. The number of hydrogen-bond donors (Lipinski definition) is 3. The SMILES string of the molecule is CN/C=C(\N=CCNc1cc2c(cn1)c(C)c(C(C)=O)c(=O)n2C1CCCC1)N1CCC(N2CCNCC2)CC1. The topological polar surface area (TPSA) is 107 Å². The van der Waals surface area contributed by atoms with E-state index in [1.54, 1.807) is 6.20 Å². The lowest BCUT2D eigenvalue weighted by Crippen LogP contribution is -2.51. The molecule has 5 rings (SSSR count). The van der Waals surface area contributed by atoms with Crippen molar-refractivity contribution in [3.8, 4) is 0 Å². The summed E-state index contributed by atoms with van der Waals surface area (Å²) in [6, 6.07) is 2.73. The minimum absolute atomic E-state index is 0.121. The number of aromatic nitrogens is 2. The quantitative estimate of drug-likeness (QED) is 0.325. The molecule has 0 bridgehead atoms. The number of Topliss-reactive ketones (excluding diaryl/α,β-unsaturated/α-hetero) is 1. The Kier molecular flexibility index (Phi) is 9.16. The maximum atomic E-state index is 13.5. The molecule has 1 aliphatic carbocycles. The molecule has 2 saturated heterocycles. The molecule has 10 nitrogen and oxygen atoms in total. The average Bonchev–Trinajstić information content (AvgIpc) is 3.49. The molecule has 2 aromatic rings. The van der Waals surface area contributed by atoms with Gasteiger partial charge in [0.05, 0.1) is 17.6 Å². The molecule has 3 fully saturated rings. The number of hydrogen-bond acceptors (Lipinski definition) is 9. The number of nitrogens with zero attached hydrogens (tertiary/aromatic N) is 5. The number of pyridine rings is 2. The van der Waals surface area contributed by atoms with Gasteiger partial charge in [0, 0.05) is 88.5 Å². The van der Waals surface area contributed by atoms with E-state index in [2.05, 4.69) is 30.7 Å². The smallest absolute Gasteiger partial charge is 0.262 e. The van der Waals surface area contributed by atoms with E-state index in [4.69, 9.17) is 4.99 Å². The molecule has 3 N–H and O–H groups in total. The summed E-state index contributed by atoms with van der Waals surface area (Å²) >= 11 is 0. The Morgan fingerprint density at radius 1 is 1.12 bits per heavy atom. The number of carbonyl (C=O) groups excluding carboxylic acids is 1. The van der Waals surface area contributed by atoms with Gasteiger partial charge in [-0.25, -0.2) is 9.98 Å². The second kappa shape index (κ2) is 13.0. The zero-order chi connectivity index (χ0) is 28.1. The van der Waals surface area contributed by atoms with Gasteiger partial charge in [-0.3, -0.25) is 14.5 Å². The van der Waals surface area contributed by atoms with E-state index >= 15 is 0 Å². The van der Waals surface area contributed by atoms with Crippen LogP contribution in [0, 0.1) is 6.92 Å². The molecule has 4 heterocycles. The number of fused-ring (bicyclic) bond motifs is 1. The molecule has 3 aliphatic rings. The molecule has 0 amide bonds. The van der Waals surface area contributed by atoms with Crippen LogP contribution in [-0.4, -0.2) is 90.3 Å². The second-order valence-electron chi connectivity index (χ2n) is 11.2. The number of aliphatic imine (C=N–C) groups is 1. The molecule has 2 aliphatic heterocycles. The summed E-state index contributed by atoms with van der Waals surface area (Å²) in [5, 5.41) is 10.8. The number of anilines is 1. The standard InChI is InChI=1S/C30H44N8O2/c1-21-25-19-35-27(18-26(25)38(24-6-4-5-7-24)30(40)29(21)22(2)39)33-10-11-34-28(20-31-3)37-14-8-23(9-15-37)36-16-12-32-13-17-36/h11,18-20,23-24,31-32H,4-10,12-17H2,1-3H3,(H,33,35)/b28-20+,34-11?. The van der Waals surface area contributed by atoms with Gasteiger partial charge in [-0.2, -0.15) is 0 Å². The van der Waals surface area contributed by atoms with Crippen molar-refractivity contribution < 1.29 is 4.79 Å². The highest BCUT2D eigenvalue weighted by molar-refractivity contribution is 6.00. The van der Waals surface area contributed by atoms with Crippen molar-refractivity contribution in [3.63, 3.8) is 0 Å². The molecule has 0 radical (unpaired) electrons. The largest absolute Gasteiger partial charge is 0.391 e. The molecule has 10 heteroatoms. The Balaban J connectivity index is 1.27. The van der Waals surface area contributed by atoms with Gasteiger partial charge in [0.25, 0.3) is 5.56 Å². The number of nitrogens with one attached hydrogen (secondary N) is 3. The van der Waals surface area contributed by atoms with E-state index in [1.807, 2.05) is 37.0 Å². The van der Waals surface area contributed by atoms with Crippen molar-refractivity contribution in [1.29, 1.82) is 0 Å². The fourth-order valence-corrected chi connectivity index (χ4v) is 6.63. The molecular weight excluding hydrogens is 504 g/mol. The van der Waals surface area contributed by atoms with Gasteiger partial charge in [0.15, 0.2) is 5.78 Å². The highest BCUT2D eigenvalue weighted by atomic mass is 16.1. The van der Waals surface area contributed by atoms with Crippen molar-refractivity contribution in [1.82, 2.24) is 30.0 Å². The number of piperidine rings is 1. The third-order valence-corrected chi connectivity index (χ3v) is 8.72. The van der Waals surface area contributed by atoms with E-state index in [1.165, 1.54) is 6.92 Å². The van der Waals surface area contributed by atoms with E-state index in [0.717, 1.165) is 94.5 Å². The van der Waals surface area contributed by atoms with Crippen molar-refractivity contribution in [3.05, 3.63) is 45.8 Å². The van der Waals surface area contributed by atoms with Crippen LogP contribution in [0.4, 0.5) is 5.82 Å². The van der Waals surface area contributed by atoms with Crippen LogP contribution in [0.15, 0.2) is 34.1 Å². The fraction of sp³-hybridized carbons (Fsp3) is 0.600. The van der Waals surface area contributed by atoms with Crippen LogP contribution in [0.1, 0.15) is 67.4 Å². The van der Waals surface area contributed by atoms with Crippen molar-refractivity contribution in [2.75, 3.05) is 58.2 Å². The fourth-order valence-electron chi connectivity index (χ4n) is 6.63. The lowest BCUT2D eigenvalue weighted by molar-refractivity contribution is 0.101. The number of ketones is 1. The van der Waals surface area contributed by atoms with Gasteiger partial charge >= 0.3 is 0 Å². The van der Waals surface area contributed by atoms with E-state index in [9.17, 15) is 9.59 Å². The Bertz CT molecular complexity index is 1310. The number of aryl methyl sites for hydroxylation is 1. The van der Waals surface area contributed by atoms with E-state index in [-0.39, 0.29) is 22.9 Å². The summed E-state index contributed by atoms with van der Waals surface area (Å²) in [5.74, 6) is 1.45. The van der Waals surface area contributed by atoms with Crippen LogP contribution in [0.5, 0.6) is 0 Å². The number of rotatable bonds is 9. The van der Waals surface area contributed by atoms with Crippen LogP contribution in [0.25, 0.3) is 10.9 Å². The van der Waals surface area contributed by atoms with Crippen LogP contribution in [-0.2, 0) is 0 Å². The minimum atomic E-state index is -0.187. The first-order valence-electron chi connectivity index (χ1n) is 14.9. The van der Waals surface area contributed by atoms with E-state index in [0.29, 0.717) is 24.0 Å². The molecule has 0 spiro atoms. The predicted octanol–water partition coefficient (Wildman–Crippen LogP) is 2.89. The summed E-state index contributed by atoms with van der Waals surface area (Å²) < 4.78 is 1.85. The van der Waals surface area contributed by atoms with Crippen LogP contribution >= 0.6 is 0 Å². The molecular formula is C30H44N8O2. The monoisotopic (exact) mass is 548 g/mol. The zero-order valence-corrected chi connectivity index (χ0v) is 24.2. The first-order valence-corrected chi connectivity index (χ1v) is 14.9. The predicted molar refractivity (Wildman–Crippen MR) is 161 cm³/mol. The van der Waals surface area contributed by atoms with Gasteiger partial charge in [-0.05, 0) is 45.1 Å². The van der Waals surface area contributed by atoms with E-state index < -0.39 is 0 Å². The molecule has 40 heavy (non-hydrogen) atoms. The third kappa shape index (κ3) is 6.07. The first kappa shape index (κ1) is 28.3. The van der Waals surface area contributed by atoms with Gasteiger partial charge in [0.1, 0.15) is 11.6 Å². The zero-order valence-electron chi connectivity index (χ0n) is 24.2. The van der Waals surface area contributed by atoms with Crippen molar-refractivity contribution in [2.45, 2.75) is 64.5 Å². The molecule has 0 atom stereocenters. The van der Waals surface area contributed by atoms with Gasteiger partial charge in [-0.15, -0.1) is 0 Å². The highest BCUT2D eigenvalue weighted by Crippen LogP contribution is 2.32. The van der Waals surface area contributed by atoms with Crippen molar-refractivity contribution >= 4 is 28.7 Å². The first-order chi connectivity index (χ1) is 19.5. The lowest BCUT2D eigenvalue weighted by atomic mass is 10.0. The number of likely N-dealkylation sites (tertiary alicyclic amines) is 1. The minimum Gasteiger partial charge on any atom is -0.391 e. The molecule has 0 unspecified atom stereocenters. The van der Waals surface area contributed by atoms with Crippen LogP contribution in [0.3, 0.4) is 0 Å². The maximum absolute atomic E-state index is 13.5. The summed E-state index contributed by atoms with van der Waals surface area (Å²) in [6.45, 7) is 10.3. The Hall–Kier alpha value is -3.24. The Morgan fingerprint density at radius 3 is 2.52 bits per heavy atom. The van der Waals surface area contributed by atoms with Gasteiger partial charge in [-0.1, -0.05) is 12.8 Å². The van der Waals surface area contributed by atoms with Gasteiger partial charge in [0.2, 0.25) is 0 Å². The normalized spacial score (nSPS) is 20.1. The summed E-state index contributed by atoms with van der Waals surface area (Å²) in [6.07, 6.45) is 12.1. The Labute approximate surface area is 236 Å². The number of carbonyl (C=O) groups is 1. The third-order valence-electron chi connectivity index (χ3n) is 8.72. The molecule has 0 aromatic carbocycles. The average molecular weight is 549 g/mol. The second-order valence-corrected chi connectivity index (χ2v) is 11.2. The lowest BCUT2D eigenvalue weighted by Gasteiger charge is -2.41. The molecule has 2 aromatic heterocycles. The highest BCUT2D eigenvalue weighted by Gasteiger charge is 2.27.